The van der Waals surface area contributed by atoms with Crippen LogP contribution in [-0.2, 0) is 30.4 Å². The number of carboxylic acid groups (broad SMARTS) is 1. The molecule has 0 spiro atoms. The first kappa shape index (κ1) is 31.8. The van der Waals surface area contributed by atoms with E-state index in [9.17, 15) is 29.1 Å². The molecule has 0 saturated heterocycles. The van der Waals surface area contributed by atoms with Crippen molar-refractivity contribution in [2.75, 3.05) is 6.54 Å². The lowest BCUT2D eigenvalue weighted by Crippen LogP contribution is -2.58. The first-order valence-electron chi connectivity index (χ1n) is 12.0. The minimum absolute atomic E-state index is 0.0216. The minimum Gasteiger partial charge on any atom is -0.480 e. The zero-order valence-corrected chi connectivity index (χ0v) is 21.5. The van der Waals surface area contributed by atoms with Gasteiger partial charge in [-0.25, -0.2) is 9.78 Å². The average Bonchev–Trinajstić information content (AvgIpc) is 3.34. The molecular formula is C22H38N10O6. The number of primary amides is 1. The Bertz CT molecular complexity index is 977. The van der Waals surface area contributed by atoms with Crippen LogP contribution in [0, 0.1) is 5.92 Å². The van der Waals surface area contributed by atoms with Crippen LogP contribution in [0.25, 0.3) is 0 Å². The Morgan fingerprint density at radius 1 is 1.00 bits per heavy atom. The molecule has 0 aliphatic carbocycles. The molecule has 0 radical (unpaired) electrons. The highest BCUT2D eigenvalue weighted by molar-refractivity contribution is 5.94. The zero-order valence-electron chi connectivity index (χ0n) is 21.5. The Kier molecular flexibility index (Phi) is 13.2. The molecule has 16 nitrogen and oxygen atoms in total. The molecule has 0 aliphatic rings. The number of nitrogens with zero attached hydrogens (tertiary/aromatic N) is 2. The van der Waals surface area contributed by atoms with Gasteiger partial charge in [0.25, 0.3) is 0 Å². The van der Waals surface area contributed by atoms with E-state index in [1.165, 1.54) is 12.5 Å². The summed E-state index contributed by atoms with van der Waals surface area (Å²) in [6.45, 7) is 3.48. The van der Waals surface area contributed by atoms with E-state index < -0.39 is 59.7 Å². The van der Waals surface area contributed by atoms with E-state index in [1.54, 1.807) is 13.8 Å². The molecule has 1 aromatic heterocycles. The molecule has 212 valence electrons. The van der Waals surface area contributed by atoms with Crippen molar-refractivity contribution in [3.05, 3.63) is 18.2 Å². The molecule has 4 atom stereocenters. The summed E-state index contributed by atoms with van der Waals surface area (Å²) < 4.78 is 0. The summed E-state index contributed by atoms with van der Waals surface area (Å²) in [6.07, 6.45) is 3.03. The fourth-order valence-electron chi connectivity index (χ4n) is 3.35. The lowest BCUT2D eigenvalue weighted by Gasteiger charge is -2.25. The van der Waals surface area contributed by atoms with E-state index >= 15 is 0 Å². The highest BCUT2D eigenvalue weighted by atomic mass is 16.4. The van der Waals surface area contributed by atoms with Gasteiger partial charge in [0.2, 0.25) is 23.6 Å². The molecule has 0 fully saturated rings. The minimum atomic E-state index is -1.30. The van der Waals surface area contributed by atoms with E-state index in [1.807, 2.05) is 0 Å². The maximum Gasteiger partial charge on any atom is 0.326 e. The van der Waals surface area contributed by atoms with E-state index in [4.69, 9.17) is 22.9 Å². The molecule has 0 aliphatic heterocycles. The highest BCUT2D eigenvalue weighted by Gasteiger charge is 2.31. The van der Waals surface area contributed by atoms with Gasteiger partial charge in [-0.3, -0.25) is 24.2 Å². The van der Waals surface area contributed by atoms with Crippen LogP contribution in [0.15, 0.2) is 17.5 Å². The second-order valence-electron chi connectivity index (χ2n) is 9.03. The zero-order chi connectivity index (χ0) is 28.8. The number of rotatable bonds is 17. The second kappa shape index (κ2) is 15.8. The van der Waals surface area contributed by atoms with Gasteiger partial charge in [0, 0.05) is 31.3 Å². The number of imidazole rings is 1. The Labute approximate surface area is 219 Å². The first-order chi connectivity index (χ1) is 17.8. The van der Waals surface area contributed by atoms with Crippen LogP contribution in [0.2, 0.25) is 0 Å². The number of amides is 4. The Morgan fingerprint density at radius 2 is 1.63 bits per heavy atom. The van der Waals surface area contributed by atoms with E-state index in [-0.39, 0.29) is 38.2 Å². The van der Waals surface area contributed by atoms with E-state index in [0.717, 1.165) is 0 Å². The topological polar surface area (TPSA) is 287 Å². The van der Waals surface area contributed by atoms with Crippen molar-refractivity contribution in [1.82, 2.24) is 25.9 Å². The largest absolute Gasteiger partial charge is 0.480 e. The summed E-state index contributed by atoms with van der Waals surface area (Å²) in [5.74, 6) is -4.72. The lowest BCUT2D eigenvalue weighted by atomic mass is 10.0. The quantitative estimate of drug-likeness (QED) is 0.0543. The SMILES string of the molecule is CC(C)C(NC(=O)C(CCC(N)=O)NC(=O)C(Cc1cnc[nH]1)NC(=O)C(N)CCCN=C(N)N)C(=O)O. The van der Waals surface area contributed by atoms with E-state index in [0.29, 0.717) is 12.1 Å². The molecule has 38 heavy (non-hydrogen) atoms. The van der Waals surface area contributed by atoms with Crippen molar-refractivity contribution < 1.29 is 29.1 Å². The third kappa shape index (κ3) is 11.7. The molecule has 16 heteroatoms. The van der Waals surface area contributed by atoms with Gasteiger partial charge in [-0.15, -0.1) is 0 Å². The van der Waals surface area contributed by atoms with Crippen molar-refractivity contribution >= 4 is 35.6 Å². The standard InChI is InChI=1S/C22H38N10O6/c1-11(2)17(21(37)38)32-19(35)14(5-6-16(24)33)30-20(36)15(8-12-9-27-10-29-12)31-18(34)13(23)4-3-7-28-22(25)26/h9-11,13-15,17H,3-8,23H2,1-2H3,(H2,24,33)(H,27,29)(H,30,36)(H,31,34)(H,32,35)(H,37,38)(H4,25,26,28). The Hall–Kier alpha value is -4.21. The van der Waals surface area contributed by atoms with Crippen LogP contribution >= 0.6 is 0 Å². The molecule has 0 aromatic carbocycles. The number of hydrogen-bond acceptors (Lipinski definition) is 8. The molecule has 1 rings (SSSR count). The monoisotopic (exact) mass is 538 g/mol. The predicted octanol–water partition coefficient (Wildman–Crippen LogP) is -3.21. The molecule has 4 amide bonds. The number of nitrogens with one attached hydrogen (secondary N) is 4. The second-order valence-corrected chi connectivity index (χ2v) is 9.03. The van der Waals surface area contributed by atoms with Crippen LogP contribution in [0.3, 0.4) is 0 Å². The first-order valence-corrected chi connectivity index (χ1v) is 12.0. The predicted molar refractivity (Wildman–Crippen MR) is 137 cm³/mol. The highest BCUT2D eigenvalue weighted by Crippen LogP contribution is 2.07. The fourth-order valence-corrected chi connectivity index (χ4v) is 3.35. The number of carbonyl (C=O) groups excluding carboxylic acids is 4. The Morgan fingerprint density at radius 3 is 2.16 bits per heavy atom. The summed E-state index contributed by atoms with van der Waals surface area (Å²) in [5, 5.41) is 16.8. The van der Waals surface area contributed by atoms with Gasteiger partial charge in [-0.05, 0) is 25.2 Å². The number of aromatic amines is 1. The maximum absolute atomic E-state index is 13.2. The van der Waals surface area contributed by atoms with Gasteiger partial charge < -0.3 is 49.0 Å². The molecular weight excluding hydrogens is 500 g/mol. The van der Waals surface area contributed by atoms with Crippen LogP contribution in [0.4, 0.5) is 0 Å². The van der Waals surface area contributed by atoms with Gasteiger partial charge in [-0.1, -0.05) is 13.8 Å². The summed E-state index contributed by atoms with van der Waals surface area (Å²) in [5.41, 5.74) is 22.2. The summed E-state index contributed by atoms with van der Waals surface area (Å²) >= 11 is 0. The number of carboxylic acids is 1. The molecule has 4 unspecified atom stereocenters. The van der Waals surface area contributed by atoms with Crippen LogP contribution in [0.1, 0.15) is 45.2 Å². The molecule has 0 saturated carbocycles. The van der Waals surface area contributed by atoms with E-state index in [2.05, 4.69) is 30.9 Å². The number of H-pyrrole nitrogens is 1. The Balaban J connectivity index is 3.02. The summed E-state index contributed by atoms with van der Waals surface area (Å²) in [4.78, 5) is 72.2. The summed E-state index contributed by atoms with van der Waals surface area (Å²) in [7, 11) is 0. The van der Waals surface area contributed by atoms with Gasteiger partial charge in [0.1, 0.15) is 18.1 Å². The molecule has 1 aromatic rings. The van der Waals surface area contributed by atoms with Crippen LogP contribution in [-0.4, -0.2) is 81.3 Å². The van der Waals surface area contributed by atoms with Crippen molar-refractivity contribution in [2.24, 2.45) is 33.8 Å². The third-order valence-electron chi connectivity index (χ3n) is 5.46. The van der Waals surface area contributed by atoms with Crippen molar-refractivity contribution in [3.63, 3.8) is 0 Å². The number of nitrogens with two attached hydrogens (primary N) is 4. The van der Waals surface area contributed by atoms with Crippen molar-refractivity contribution in [2.45, 2.75) is 70.1 Å². The molecule has 13 N–H and O–H groups in total. The van der Waals surface area contributed by atoms with Gasteiger partial charge in [0.05, 0.1) is 12.4 Å². The van der Waals surface area contributed by atoms with Gasteiger partial charge >= 0.3 is 5.97 Å². The fraction of sp³-hybridized carbons (Fsp3) is 0.591. The smallest absolute Gasteiger partial charge is 0.326 e. The number of aliphatic imine (C=N–C) groups is 1. The lowest BCUT2D eigenvalue weighted by molar-refractivity contribution is -0.143. The summed E-state index contributed by atoms with van der Waals surface area (Å²) in [6, 6.07) is -4.69. The van der Waals surface area contributed by atoms with Crippen LogP contribution < -0.4 is 38.9 Å². The number of hydrogen-bond donors (Lipinski definition) is 9. The number of aliphatic carboxylic acids is 1. The van der Waals surface area contributed by atoms with Crippen LogP contribution in [0.5, 0.6) is 0 Å². The molecule has 1 heterocycles. The molecule has 0 bridgehead atoms. The van der Waals surface area contributed by atoms with Gasteiger partial charge in [-0.2, -0.15) is 0 Å². The van der Waals surface area contributed by atoms with Crippen molar-refractivity contribution in [3.8, 4) is 0 Å². The number of carbonyl (C=O) groups is 5. The van der Waals surface area contributed by atoms with Gasteiger partial charge in [0.15, 0.2) is 5.96 Å². The number of aromatic nitrogens is 2. The normalized spacial score (nSPS) is 14.0. The number of guanidine groups is 1. The average molecular weight is 539 g/mol. The van der Waals surface area contributed by atoms with Crippen molar-refractivity contribution in [1.29, 1.82) is 0 Å². The maximum atomic E-state index is 13.2. The third-order valence-corrected chi connectivity index (χ3v) is 5.46.